The predicted molar refractivity (Wildman–Crippen MR) is 113 cm³/mol. The van der Waals surface area contributed by atoms with Crippen LogP contribution in [0.4, 0.5) is 5.69 Å². The van der Waals surface area contributed by atoms with E-state index in [1.165, 1.54) is 18.2 Å². The molecule has 0 aliphatic carbocycles. The van der Waals surface area contributed by atoms with E-state index >= 15 is 0 Å². The molecule has 0 spiro atoms. The topological polar surface area (TPSA) is 59.6 Å². The normalized spacial score (nSPS) is 11.4. The Morgan fingerprint density at radius 3 is 2.59 bits per heavy atom. The first-order valence-electron chi connectivity index (χ1n) is 8.45. The highest BCUT2D eigenvalue weighted by atomic mass is 35.5. The van der Waals surface area contributed by atoms with Gasteiger partial charge in [0, 0.05) is 5.69 Å². The fraction of sp³-hybridized carbons (Fsp3) is 0.300. The second-order valence-electron chi connectivity index (χ2n) is 6.24. The molecule has 7 heteroatoms. The number of halogens is 1. The number of nitrogens with one attached hydrogen (secondary N) is 2. The van der Waals surface area contributed by atoms with Crippen LogP contribution in [0.25, 0.3) is 0 Å². The minimum atomic E-state index is -0.502. The molecule has 0 aromatic heterocycles. The molecule has 0 saturated carbocycles. The van der Waals surface area contributed by atoms with Gasteiger partial charge in [0.25, 0.3) is 0 Å². The maximum atomic E-state index is 11.7. The summed E-state index contributed by atoms with van der Waals surface area (Å²) < 4.78 is 10.5. The third kappa shape index (κ3) is 6.12. The minimum absolute atomic E-state index is 0.0148. The van der Waals surface area contributed by atoms with Gasteiger partial charge in [-0.1, -0.05) is 17.7 Å². The summed E-state index contributed by atoms with van der Waals surface area (Å²) in [6.07, 6.45) is 0. The third-order valence-corrected chi connectivity index (χ3v) is 4.53. The monoisotopic (exact) mass is 406 g/mol. The number of hydrogen-bond donors (Lipinski definition) is 2. The van der Waals surface area contributed by atoms with E-state index < -0.39 is 5.97 Å². The van der Waals surface area contributed by atoms with Gasteiger partial charge in [-0.25, -0.2) is 4.79 Å². The van der Waals surface area contributed by atoms with E-state index in [0.29, 0.717) is 22.4 Å². The lowest BCUT2D eigenvalue weighted by molar-refractivity contribution is 0.0601. The number of hydrogen-bond acceptors (Lipinski definition) is 4. The number of thiocarbonyl (C=S) groups is 1. The summed E-state index contributed by atoms with van der Waals surface area (Å²) in [7, 11) is 1.31. The summed E-state index contributed by atoms with van der Waals surface area (Å²) in [5, 5.41) is 6.92. The Morgan fingerprint density at radius 1 is 1.19 bits per heavy atom. The Labute approximate surface area is 170 Å². The highest BCUT2D eigenvalue weighted by Gasteiger charge is 2.12. The molecule has 2 aromatic rings. The van der Waals surface area contributed by atoms with Gasteiger partial charge in [-0.15, -0.1) is 0 Å². The highest BCUT2D eigenvalue weighted by molar-refractivity contribution is 7.80. The Hall–Kier alpha value is -2.31. The van der Waals surface area contributed by atoms with E-state index in [1.807, 2.05) is 25.1 Å². The standard InChI is InChI=1S/C20H23ClN2O3S/c1-12-5-7-16(9-13(12)2)26-11-14(3)22-20(27)23-15-6-8-18(21)17(10-15)19(24)25-4/h5-10,14H,11H2,1-4H3,(H2,22,23,27). The summed E-state index contributed by atoms with van der Waals surface area (Å²) >= 11 is 11.3. The highest BCUT2D eigenvalue weighted by Crippen LogP contribution is 2.21. The fourth-order valence-electron chi connectivity index (χ4n) is 2.33. The van der Waals surface area contributed by atoms with Gasteiger partial charge < -0.3 is 20.1 Å². The molecule has 144 valence electrons. The maximum absolute atomic E-state index is 11.7. The van der Waals surface area contributed by atoms with E-state index in [-0.39, 0.29) is 11.6 Å². The van der Waals surface area contributed by atoms with E-state index in [1.54, 1.807) is 18.2 Å². The zero-order valence-electron chi connectivity index (χ0n) is 15.8. The number of methoxy groups -OCH3 is 1. The number of rotatable bonds is 6. The lowest BCUT2D eigenvalue weighted by Gasteiger charge is -2.18. The number of carbonyl (C=O) groups is 1. The zero-order valence-corrected chi connectivity index (χ0v) is 17.3. The largest absolute Gasteiger partial charge is 0.491 e. The molecular formula is C20H23ClN2O3S. The summed E-state index contributed by atoms with van der Waals surface area (Å²) in [4.78, 5) is 11.7. The van der Waals surface area contributed by atoms with Crippen LogP contribution >= 0.6 is 23.8 Å². The van der Waals surface area contributed by atoms with Crippen molar-refractivity contribution in [1.82, 2.24) is 5.32 Å². The van der Waals surface area contributed by atoms with Gasteiger partial charge in [-0.2, -0.15) is 0 Å². The molecule has 2 rings (SSSR count). The maximum Gasteiger partial charge on any atom is 0.339 e. The molecule has 0 amide bonds. The van der Waals surface area contributed by atoms with Gasteiger partial charge in [0.05, 0.1) is 23.7 Å². The van der Waals surface area contributed by atoms with Gasteiger partial charge >= 0.3 is 5.97 Å². The van der Waals surface area contributed by atoms with E-state index in [9.17, 15) is 4.79 Å². The first-order chi connectivity index (χ1) is 12.8. The lowest BCUT2D eigenvalue weighted by atomic mass is 10.1. The smallest absolute Gasteiger partial charge is 0.339 e. The SMILES string of the molecule is COC(=O)c1cc(NC(=S)NC(C)COc2ccc(C)c(C)c2)ccc1Cl. The van der Waals surface area contributed by atoms with Crippen LogP contribution in [-0.4, -0.2) is 30.8 Å². The molecule has 0 aliphatic rings. The van der Waals surface area contributed by atoms with Gasteiger partial charge in [-0.3, -0.25) is 0 Å². The summed E-state index contributed by atoms with van der Waals surface area (Å²) in [6, 6.07) is 10.9. The number of esters is 1. The summed E-state index contributed by atoms with van der Waals surface area (Å²) in [6.45, 7) is 6.54. The van der Waals surface area contributed by atoms with Crippen LogP contribution in [-0.2, 0) is 4.74 Å². The van der Waals surface area contributed by atoms with E-state index in [4.69, 9.17) is 33.3 Å². The van der Waals surface area contributed by atoms with Gasteiger partial charge in [-0.05, 0) is 74.4 Å². The Bertz CT molecular complexity index is 842. The molecule has 1 atom stereocenters. The molecule has 0 radical (unpaired) electrons. The van der Waals surface area contributed by atoms with Crippen LogP contribution in [0.5, 0.6) is 5.75 Å². The quantitative estimate of drug-likeness (QED) is 0.544. The Morgan fingerprint density at radius 2 is 1.93 bits per heavy atom. The molecule has 27 heavy (non-hydrogen) atoms. The number of ether oxygens (including phenoxy) is 2. The number of anilines is 1. The summed E-state index contributed by atoms with van der Waals surface area (Å²) in [5.41, 5.74) is 3.33. The predicted octanol–water partition coefficient (Wildman–Crippen LogP) is 4.50. The molecule has 2 aromatic carbocycles. The molecule has 0 aliphatic heterocycles. The molecular weight excluding hydrogens is 384 g/mol. The third-order valence-electron chi connectivity index (χ3n) is 3.99. The van der Waals surface area contributed by atoms with Crippen LogP contribution in [0.2, 0.25) is 5.02 Å². The molecule has 0 saturated heterocycles. The summed E-state index contributed by atoms with van der Waals surface area (Å²) in [5.74, 6) is 0.323. The fourth-order valence-corrected chi connectivity index (χ4v) is 2.84. The average Bonchev–Trinajstić information content (AvgIpc) is 2.63. The number of benzene rings is 2. The van der Waals surface area contributed by atoms with Crippen LogP contribution < -0.4 is 15.4 Å². The molecule has 0 bridgehead atoms. The van der Waals surface area contributed by atoms with Crippen LogP contribution in [0.1, 0.15) is 28.4 Å². The Kier molecular flexibility index (Phi) is 7.45. The van der Waals surface area contributed by atoms with E-state index in [0.717, 1.165) is 5.75 Å². The molecule has 1 unspecified atom stereocenters. The zero-order chi connectivity index (χ0) is 20.0. The lowest BCUT2D eigenvalue weighted by Crippen LogP contribution is -2.39. The van der Waals surface area contributed by atoms with Gasteiger partial charge in [0.2, 0.25) is 0 Å². The van der Waals surface area contributed by atoms with Crippen LogP contribution in [0.3, 0.4) is 0 Å². The first-order valence-corrected chi connectivity index (χ1v) is 9.24. The molecule has 5 nitrogen and oxygen atoms in total. The van der Waals surface area contributed by atoms with Crippen LogP contribution in [0, 0.1) is 13.8 Å². The molecule has 2 N–H and O–H groups in total. The Balaban J connectivity index is 1.89. The van der Waals surface area contributed by atoms with Crippen molar-refractivity contribution < 1.29 is 14.3 Å². The molecule has 0 heterocycles. The van der Waals surface area contributed by atoms with Crippen molar-refractivity contribution in [3.63, 3.8) is 0 Å². The van der Waals surface area contributed by atoms with Crippen molar-refractivity contribution in [3.8, 4) is 5.75 Å². The minimum Gasteiger partial charge on any atom is -0.491 e. The van der Waals surface area contributed by atoms with Crippen molar-refractivity contribution in [2.75, 3.05) is 19.0 Å². The second-order valence-corrected chi connectivity index (χ2v) is 7.06. The molecule has 0 fully saturated rings. The van der Waals surface area contributed by atoms with Gasteiger partial charge in [0.15, 0.2) is 5.11 Å². The van der Waals surface area contributed by atoms with Crippen molar-refractivity contribution in [2.45, 2.75) is 26.8 Å². The van der Waals surface area contributed by atoms with Gasteiger partial charge in [0.1, 0.15) is 12.4 Å². The van der Waals surface area contributed by atoms with Crippen LogP contribution in [0.15, 0.2) is 36.4 Å². The first kappa shape index (κ1) is 21.0. The number of carbonyl (C=O) groups excluding carboxylic acids is 1. The van der Waals surface area contributed by atoms with Crippen molar-refractivity contribution in [2.24, 2.45) is 0 Å². The van der Waals surface area contributed by atoms with Crippen molar-refractivity contribution in [3.05, 3.63) is 58.1 Å². The van der Waals surface area contributed by atoms with Crippen molar-refractivity contribution >= 4 is 40.6 Å². The van der Waals surface area contributed by atoms with E-state index in [2.05, 4.69) is 24.5 Å². The second kappa shape index (κ2) is 9.58. The average molecular weight is 407 g/mol. The van der Waals surface area contributed by atoms with Crippen molar-refractivity contribution in [1.29, 1.82) is 0 Å². The number of aryl methyl sites for hydroxylation is 2.